The Morgan fingerprint density at radius 1 is 0.900 bits per heavy atom. The largest absolute Gasteiger partial charge is 0.320 e. The Bertz CT molecular complexity index is 1050. The molecule has 2 aromatic carbocycles. The summed E-state index contributed by atoms with van der Waals surface area (Å²) in [6, 6.07) is 6.93. The average molecular weight is 438 g/mol. The molecule has 30 heavy (non-hydrogen) atoms. The Labute approximate surface area is 173 Å². The van der Waals surface area contributed by atoms with Crippen LogP contribution in [-0.2, 0) is 14.8 Å². The summed E-state index contributed by atoms with van der Waals surface area (Å²) in [6.07, 6.45) is 6.20. The molecule has 0 aliphatic carbocycles. The Hall–Kier alpha value is -2.65. The van der Waals surface area contributed by atoms with Gasteiger partial charge in [0.15, 0.2) is 11.6 Å². The van der Waals surface area contributed by atoms with Gasteiger partial charge in [-0.15, -0.1) is 0 Å². The fourth-order valence-corrected chi connectivity index (χ4v) is 4.66. The van der Waals surface area contributed by atoms with Crippen LogP contribution in [0.1, 0.15) is 31.2 Å². The zero-order chi connectivity index (χ0) is 21.7. The number of amides is 1. The first-order valence-corrected chi connectivity index (χ1v) is 11.0. The van der Waals surface area contributed by atoms with E-state index in [1.54, 1.807) is 12.1 Å². The van der Waals surface area contributed by atoms with Crippen molar-refractivity contribution in [2.75, 3.05) is 18.4 Å². The molecule has 2 aromatic rings. The lowest BCUT2D eigenvalue weighted by Gasteiger charge is -2.19. The summed E-state index contributed by atoms with van der Waals surface area (Å²) in [5.41, 5.74) is 0.0631. The first-order chi connectivity index (χ1) is 14.3. The summed E-state index contributed by atoms with van der Waals surface area (Å²) in [5.74, 6) is -4.48. The van der Waals surface area contributed by atoms with Crippen molar-refractivity contribution >= 4 is 27.7 Å². The molecule has 0 saturated carbocycles. The minimum absolute atomic E-state index is 0.176. The number of nitrogens with zero attached hydrogens (tertiary/aromatic N) is 1. The Morgan fingerprint density at radius 2 is 1.50 bits per heavy atom. The van der Waals surface area contributed by atoms with Crippen LogP contribution in [0, 0.1) is 17.5 Å². The Morgan fingerprint density at radius 3 is 2.13 bits per heavy atom. The molecule has 1 N–H and O–H groups in total. The molecule has 1 aliphatic heterocycles. The smallest absolute Gasteiger partial charge is 0.248 e. The molecule has 0 radical (unpaired) electrons. The van der Waals surface area contributed by atoms with E-state index in [-0.39, 0.29) is 4.90 Å². The Kier molecular flexibility index (Phi) is 6.94. The van der Waals surface area contributed by atoms with E-state index >= 15 is 0 Å². The van der Waals surface area contributed by atoms with Crippen LogP contribution in [-0.4, -0.2) is 31.7 Å². The number of rotatable bonds is 5. The summed E-state index contributed by atoms with van der Waals surface area (Å²) >= 11 is 0. The minimum Gasteiger partial charge on any atom is -0.320 e. The number of hydrogen-bond donors (Lipinski definition) is 1. The highest BCUT2D eigenvalue weighted by Gasteiger charge is 2.24. The van der Waals surface area contributed by atoms with Crippen LogP contribution in [0.2, 0.25) is 0 Å². The quantitative estimate of drug-likeness (QED) is 0.559. The van der Waals surface area contributed by atoms with Crippen LogP contribution in [0.5, 0.6) is 0 Å². The van der Waals surface area contributed by atoms with Gasteiger partial charge < -0.3 is 5.32 Å². The molecule has 0 atom stereocenters. The number of carbonyl (C=O) groups excluding carboxylic acids is 1. The Balaban J connectivity index is 1.67. The van der Waals surface area contributed by atoms with Crippen molar-refractivity contribution in [3.05, 3.63) is 65.5 Å². The van der Waals surface area contributed by atoms with Gasteiger partial charge in [0.05, 0.1) is 10.6 Å². The summed E-state index contributed by atoms with van der Waals surface area (Å²) in [5, 5.41) is 2.12. The molecule has 160 valence electrons. The van der Waals surface area contributed by atoms with Gasteiger partial charge in [-0.25, -0.2) is 21.6 Å². The van der Waals surface area contributed by atoms with E-state index in [1.807, 2.05) is 0 Å². The fraction of sp³-hybridized carbons (Fsp3) is 0.286. The van der Waals surface area contributed by atoms with E-state index < -0.39 is 39.1 Å². The third kappa shape index (κ3) is 5.28. The second kappa shape index (κ2) is 9.44. The second-order valence-corrected chi connectivity index (χ2v) is 8.89. The van der Waals surface area contributed by atoms with Gasteiger partial charge in [-0.2, -0.15) is 4.31 Å². The molecule has 1 fully saturated rings. The summed E-state index contributed by atoms with van der Waals surface area (Å²) in [6.45, 7) is 1.01. The van der Waals surface area contributed by atoms with Gasteiger partial charge >= 0.3 is 0 Å². The van der Waals surface area contributed by atoms with Crippen molar-refractivity contribution in [2.24, 2.45) is 0 Å². The minimum atomic E-state index is -3.56. The topological polar surface area (TPSA) is 66.5 Å². The molecule has 0 bridgehead atoms. The maximum absolute atomic E-state index is 13.6. The van der Waals surface area contributed by atoms with Crippen LogP contribution in [0.25, 0.3) is 6.08 Å². The highest BCUT2D eigenvalue weighted by atomic mass is 32.2. The molecule has 0 unspecified atom stereocenters. The van der Waals surface area contributed by atoms with E-state index in [1.165, 1.54) is 22.5 Å². The third-order valence-electron chi connectivity index (χ3n) is 4.78. The van der Waals surface area contributed by atoms with Gasteiger partial charge in [-0.1, -0.05) is 25.0 Å². The maximum Gasteiger partial charge on any atom is 0.248 e. The number of nitrogens with one attached hydrogen (secondary N) is 1. The van der Waals surface area contributed by atoms with E-state index in [0.29, 0.717) is 30.8 Å². The highest BCUT2D eigenvalue weighted by molar-refractivity contribution is 7.89. The van der Waals surface area contributed by atoms with Crippen LogP contribution in [0.3, 0.4) is 0 Å². The molecule has 9 heteroatoms. The van der Waals surface area contributed by atoms with Gasteiger partial charge in [0.2, 0.25) is 15.9 Å². The molecule has 3 rings (SSSR count). The zero-order valence-electron chi connectivity index (χ0n) is 16.1. The number of benzene rings is 2. The van der Waals surface area contributed by atoms with Crippen molar-refractivity contribution in [3.8, 4) is 0 Å². The fourth-order valence-electron chi connectivity index (χ4n) is 3.15. The van der Waals surface area contributed by atoms with Crippen molar-refractivity contribution in [3.63, 3.8) is 0 Å². The maximum atomic E-state index is 13.6. The summed E-state index contributed by atoms with van der Waals surface area (Å²) in [4.78, 5) is 12.1. The summed E-state index contributed by atoms with van der Waals surface area (Å²) < 4.78 is 66.7. The lowest BCUT2D eigenvalue weighted by atomic mass is 10.2. The van der Waals surface area contributed by atoms with Gasteiger partial charge in [-0.3, -0.25) is 4.79 Å². The molecule has 0 spiro atoms. The van der Waals surface area contributed by atoms with Gasteiger partial charge in [0.1, 0.15) is 5.82 Å². The van der Waals surface area contributed by atoms with E-state index in [0.717, 1.165) is 31.8 Å². The standard InChI is InChI=1S/C21H21F3N2O3S/c22-17-13-19(24)20(14-18(17)23)25-21(27)10-7-15-5-8-16(9-6-15)30(28,29)26-11-3-1-2-4-12-26/h5-10,13-14H,1-4,11-12H2,(H,25,27). The third-order valence-corrected chi connectivity index (χ3v) is 6.69. The molecular formula is C21H21F3N2O3S. The van der Waals surface area contributed by atoms with Gasteiger partial charge in [0, 0.05) is 31.3 Å². The lowest BCUT2D eigenvalue weighted by molar-refractivity contribution is -0.111. The van der Waals surface area contributed by atoms with Crippen molar-refractivity contribution < 1.29 is 26.4 Å². The highest BCUT2D eigenvalue weighted by Crippen LogP contribution is 2.21. The molecule has 1 saturated heterocycles. The summed E-state index contributed by atoms with van der Waals surface area (Å²) in [7, 11) is -3.56. The van der Waals surface area contributed by atoms with Gasteiger partial charge in [0.25, 0.3) is 0 Å². The van der Waals surface area contributed by atoms with Crippen molar-refractivity contribution in [2.45, 2.75) is 30.6 Å². The van der Waals surface area contributed by atoms with Crippen LogP contribution >= 0.6 is 0 Å². The first-order valence-electron chi connectivity index (χ1n) is 9.51. The van der Waals surface area contributed by atoms with Crippen LogP contribution < -0.4 is 5.32 Å². The van der Waals surface area contributed by atoms with E-state index in [2.05, 4.69) is 5.32 Å². The predicted octanol–water partition coefficient (Wildman–Crippen LogP) is 4.32. The second-order valence-electron chi connectivity index (χ2n) is 6.96. The number of carbonyl (C=O) groups is 1. The molecule has 1 amide bonds. The van der Waals surface area contributed by atoms with E-state index in [9.17, 15) is 26.4 Å². The number of anilines is 1. The van der Waals surface area contributed by atoms with E-state index in [4.69, 9.17) is 0 Å². The molecule has 1 heterocycles. The first kappa shape index (κ1) is 22.0. The predicted molar refractivity (Wildman–Crippen MR) is 108 cm³/mol. The molecule has 0 aromatic heterocycles. The lowest BCUT2D eigenvalue weighted by Crippen LogP contribution is -2.31. The number of hydrogen-bond acceptors (Lipinski definition) is 3. The molecular weight excluding hydrogens is 417 g/mol. The molecule has 1 aliphatic rings. The number of sulfonamides is 1. The SMILES string of the molecule is O=C(C=Cc1ccc(S(=O)(=O)N2CCCCCC2)cc1)Nc1cc(F)c(F)cc1F. The van der Waals surface area contributed by atoms with Crippen molar-refractivity contribution in [1.29, 1.82) is 0 Å². The monoisotopic (exact) mass is 438 g/mol. The molecule has 5 nitrogen and oxygen atoms in total. The van der Waals surface area contributed by atoms with Gasteiger partial charge in [-0.05, 0) is 36.6 Å². The van der Waals surface area contributed by atoms with Crippen molar-refractivity contribution in [1.82, 2.24) is 4.31 Å². The average Bonchev–Trinajstić information content (AvgIpc) is 3.01. The number of halogens is 3. The van der Waals surface area contributed by atoms with Crippen LogP contribution in [0.4, 0.5) is 18.9 Å². The normalized spacial score (nSPS) is 15.8. The zero-order valence-corrected chi connectivity index (χ0v) is 16.9. The van der Waals surface area contributed by atoms with Crippen LogP contribution in [0.15, 0.2) is 47.4 Å².